The molecule has 19 heavy (non-hydrogen) atoms. The zero-order chi connectivity index (χ0) is 14.2. The number of nitrogens with two attached hydrogens (primary N) is 1. The number of carbonyl (C=O) groups is 2. The summed E-state index contributed by atoms with van der Waals surface area (Å²) in [5, 5.41) is 3.38. The summed E-state index contributed by atoms with van der Waals surface area (Å²) in [4.78, 5) is 25.2. The number of hydrogen-bond acceptors (Lipinski definition) is 3. The number of benzene rings is 1. The average molecular weight is 302 g/mol. The third-order valence-corrected chi connectivity index (χ3v) is 3.86. The number of imide groups is 1. The molecule has 0 radical (unpaired) electrons. The molecule has 102 valence electrons. The van der Waals surface area contributed by atoms with E-state index in [4.69, 9.17) is 28.9 Å². The molecule has 0 bridgehead atoms. The lowest BCUT2D eigenvalue weighted by Gasteiger charge is -2.22. The molecule has 1 heterocycles. The van der Waals surface area contributed by atoms with E-state index in [0.29, 0.717) is 15.6 Å². The van der Waals surface area contributed by atoms with Gasteiger partial charge >= 0.3 is 6.03 Å². The summed E-state index contributed by atoms with van der Waals surface area (Å²) in [6.07, 6.45) is 0. The van der Waals surface area contributed by atoms with E-state index in [0.717, 1.165) is 4.90 Å². The second-order valence-electron chi connectivity index (χ2n) is 4.43. The van der Waals surface area contributed by atoms with Crippen molar-refractivity contribution in [1.82, 2.24) is 10.2 Å². The maximum absolute atomic E-state index is 12.3. The normalized spacial score (nSPS) is 22.8. The van der Waals surface area contributed by atoms with Crippen LogP contribution in [0, 0.1) is 0 Å². The Hall–Kier alpha value is -1.30. The van der Waals surface area contributed by atoms with Crippen LogP contribution >= 0.6 is 23.2 Å². The molecule has 3 N–H and O–H groups in total. The van der Waals surface area contributed by atoms with Gasteiger partial charge in [0.25, 0.3) is 5.91 Å². The Morgan fingerprint density at radius 3 is 2.58 bits per heavy atom. The van der Waals surface area contributed by atoms with Gasteiger partial charge in [0.05, 0.1) is 10.0 Å². The van der Waals surface area contributed by atoms with Crippen LogP contribution in [-0.4, -0.2) is 29.9 Å². The van der Waals surface area contributed by atoms with Crippen LogP contribution in [0.5, 0.6) is 0 Å². The van der Waals surface area contributed by atoms with Crippen molar-refractivity contribution in [1.29, 1.82) is 0 Å². The van der Waals surface area contributed by atoms with Crippen molar-refractivity contribution in [2.45, 2.75) is 12.5 Å². The Labute approximate surface area is 120 Å². The lowest BCUT2D eigenvalue weighted by molar-refractivity contribution is -0.131. The maximum atomic E-state index is 12.3. The van der Waals surface area contributed by atoms with E-state index in [1.54, 1.807) is 25.1 Å². The molecule has 1 atom stereocenters. The number of rotatable bonds is 3. The van der Waals surface area contributed by atoms with Crippen molar-refractivity contribution in [3.63, 3.8) is 0 Å². The highest BCUT2D eigenvalue weighted by Gasteiger charge is 2.48. The molecule has 0 aromatic heterocycles. The molecule has 1 saturated heterocycles. The Morgan fingerprint density at radius 2 is 2.00 bits per heavy atom. The average Bonchev–Trinajstić information content (AvgIpc) is 2.58. The summed E-state index contributed by atoms with van der Waals surface area (Å²) >= 11 is 11.8. The van der Waals surface area contributed by atoms with Gasteiger partial charge < -0.3 is 11.1 Å². The number of halogens is 2. The van der Waals surface area contributed by atoms with Crippen LogP contribution in [0.1, 0.15) is 12.5 Å². The minimum Gasteiger partial charge on any atom is -0.329 e. The van der Waals surface area contributed by atoms with Crippen LogP contribution in [0.15, 0.2) is 18.2 Å². The summed E-state index contributed by atoms with van der Waals surface area (Å²) in [6.45, 7) is 2.03. The number of hydrogen-bond donors (Lipinski definition) is 2. The van der Waals surface area contributed by atoms with Crippen molar-refractivity contribution < 1.29 is 9.59 Å². The molecule has 1 fully saturated rings. The second-order valence-corrected chi connectivity index (χ2v) is 5.24. The van der Waals surface area contributed by atoms with Crippen molar-refractivity contribution in [3.05, 3.63) is 33.8 Å². The highest BCUT2D eigenvalue weighted by molar-refractivity contribution is 6.42. The van der Waals surface area contributed by atoms with Gasteiger partial charge in [-0.25, -0.2) is 4.79 Å². The quantitative estimate of drug-likeness (QED) is 0.835. The molecule has 7 heteroatoms. The molecular weight excluding hydrogens is 289 g/mol. The monoisotopic (exact) mass is 301 g/mol. The standard InChI is InChI=1S/C12H13Cl2N3O2/c1-12(7-2-3-8(13)9(14)6-7)10(18)17(5-4-15)11(19)16-12/h2-3,6H,4-5,15H2,1H3,(H,16,19). The van der Waals surface area contributed by atoms with Gasteiger partial charge in [-0.05, 0) is 24.6 Å². The highest BCUT2D eigenvalue weighted by atomic mass is 35.5. The van der Waals surface area contributed by atoms with E-state index in [1.807, 2.05) is 0 Å². The molecule has 0 saturated carbocycles. The lowest BCUT2D eigenvalue weighted by Crippen LogP contribution is -2.41. The van der Waals surface area contributed by atoms with Crippen LogP contribution in [0.2, 0.25) is 10.0 Å². The van der Waals surface area contributed by atoms with Crippen molar-refractivity contribution in [2.24, 2.45) is 5.73 Å². The Bertz CT molecular complexity index is 550. The van der Waals surface area contributed by atoms with Gasteiger partial charge in [0.15, 0.2) is 0 Å². The van der Waals surface area contributed by atoms with Crippen LogP contribution < -0.4 is 11.1 Å². The topological polar surface area (TPSA) is 75.4 Å². The van der Waals surface area contributed by atoms with Gasteiger partial charge in [0.1, 0.15) is 5.54 Å². The third kappa shape index (κ3) is 2.29. The summed E-state index contributed by atoms with van der Waals surface area (Å²) in [5.41, 5.74) is 4.84. The summed E-state index contributed by atoms with van der Waals surface area (Å²) < 4.78 is 0. The van der Waals surface area contributed by atoms with Crippen molar-refractivity contribution in [2.75, 3.05) is 13.1 Å². The van der Waals surface area contributed by atoms with Gasteiger partial charge in [-0.15, -0.1) is 0 Å². The summed E-state index contributed by atoms with van der Waals surface area (Å²) in [6, 6.07) is 4.38. The van der Waals surface area contributed by atoms with Gasteiger partial charge in [0, 0.05) is 13.1 Å². The summed E-state index contributed by atoms with van der Waals surface area (Å²) in [5.74, 6) is -0.346. The molecule has 1 aromatic rings. The predicted octanol–water partition coefficient (Wildman–Crippen LogP) is 1.72. The van der Waals surface area contributed by atoms with Crippen LogP contribution in [0.4, 0.5) is 4.79 Å². The van der Waals surface area contributed by atoms with Crippen LogP contribution in [-0.2, 0) is 10.3 Å². The zero-order valence-electron chi connectivity index (χ0n) is 10.2. The molecule has 5 nitrogen and oxygen atoms in total. The van der Waals surface area contributed by atoms with E-state index in [2.05, 4.69) is 5.32 Å². The number of carbonyl (C=O) groups excluding carboxylic acids is 2. The van der Waals surface area contributed by atoms with Crippen molar-refractivity contribution >= 4 is 35.1 Å². The Morgan fingerprint density at radius 1 is 1.32 bits per heavy atom. The molecular formula is C12H13Cl2N3O2. The number of nitrogens with one attached hydrogen (secondary N) is 1. The maximum Gasteiger partial charge on any atom is 0.325 e. The van der Waals surface area contributed by atoms with Crippen LogP contribution in [0.25, 0.3) is 0 Å². The SMILES string of the molecule is CC1(c2ccc(Cl)c(Cl)c2)NC(=O)N(CCN)C1=O. The molecule has 3 amide bonds. The smallest absolute Gasteiger partial charge is 0.325 e. The van der Waals surface area contributed by atoms with E-state index >= 15 is 0 Å². The minimum atomic E-state index is -1.14. The first-order valence-electron chi connectivity index (χ1n) is 5.70. The van der Waals surface area contributed by atoms with E-state index in [1.165, 1.54) is 0 Å². The second kappa shape index (κ2) is 5.00. The molecule has 2 rings (SSSR count). The fourth-order valence-electron chi connectivity index (χ4n) is 2.03. The molecule has 1 aromatic carbocycles. The fourth-order valence-corrected chi connectivity index (χ4v) is 2.33. The predicted molar refractivity (Wildman–Crippen MR) is 73.1 cm³/mol. The lowest BCUT2D eigenvalue weighted by atomic mass is 9.92. The highest BCUT2D eigenvalue weighted by Crippen LogP contribution is 2.32. The molecule has 1 aliphatic heterocycles. The molecule has 0 spiro atoms. The van der Waals surface area contributed by atoms with Crippen molar-refractivity contribution in [3.8, 4) is 0 Å². The first-order valence-corrected chi connectivity index (χ1v) is 6.45. The third-order valence-electron chi connectivity index (χ3n) is 3.12. The largest absolute Gasteiger partial charge is 0.329 e. The fraction of sp³-hybridized carbons (Fsp3) is 0.333. The number of urea groups is 1. The van der Waals surface area contributed by atoms with Gasteiger partial charge in [0.2, 0.25) is 0 Å². The number of amides is 3. The van der Waals surface area contributed by atoms with E-state index in [9.17, 15) is 9.59 Å². The van der Waals surface area contributed by atoms with E-state index < -0.39 is 11.6 Å². The van der Waals surface area contributed by atoms with Gasteiger partial charge in [-0.1, -0.05) is 29.3 Å². The van der Waals surface area contributed by atoms with E-state index in [-0.39, 0.29) is 19.0 Å². The Balaban J connectivity index is 2.40. The zero-order valence-corrected chi connectivity index (χ0v) is 11.8. The van der Waals surface area contributed by atoms with Gasteiger partial charge in [-0.3, -0.25) is 9.69 Å². The van der Waals surface area contributed by atoms with Gasteiger partial charge in [-0.2, -0.15) is 0 Å². The summed E-state index contributed by atoms with van der Waals surface area (Å²) in [7, 11) is 0. The number of nitrogens with zero attached hydrogens (tertiary/aromatic N) is 1. The minimum absolute atomic E-state index is 0.182. The first kappa shape index (κ1) is 14.1. The molecule has 1 aliphatic rings. The Kier molecular flexibility index (Phi) is 3.71. The molecule has 1 unspecified atom stereocenters. The molecule has 0 aliphatic carbocycles. The first-order chi connectivity index (χ1) is 8.90. The van der Waals surface area contributed by atoms with Crippen LogP contribution in [0.3, 0.4) is 0 Å².